The molecule has 3 amide bonds. The monoisotopic (exact) mass is 473 g/mol. The van der Waals surface area contributed by atoms with Crippen molar-refractivity contribution in [2.45, 2.75) is 43.3 Å². The van der Waals surface area contributed by atoms with E-state index in [2.05, 4.69) is 17.4 Å². The van der Waals surface area contributed by atoms with Crippen molar-refractivity contribution in [2.24, 2.45) is 0 Å². The largest absolute Gasteiger partial charge is 0.333 e. The van der Waals surface area contributed by atoms with Crippen LogP contribution in [0.4, 0.5) is 5.69 Å². The smallest absolute Gasteiger partial charge is 0.245 e. The van der Waals surface area contributed by atoms with Gasteiger partial charge < -0.3 is 10.2 Å². The number of nitrogens with zero attached hydrogens (tertiary/aromatic N) is 1. The lowest BCUT2D eigenvalue weighted by Crippen LogP contribution is -2.33. The SMILES string of the molecule is O=C(C[C@]1(c2ccc(-c3cccc(NC(=O)CN4CCCC4=O)c3)s2)CCCCS1)NO. The number of thiophene rings is 1. The third-order valence-electron chi connectivity index (χ3n) is 5.92. The first-order valence-corrected chi connectivity index (χ1v) is 12.6. The molecule has 1 aromatic carbocycles. The van der Waals surface area contributed by atoms with Crippen LogP contribution in [0.1, 0.15) is 43.4 Å². The quantitative estimate of drug-likeness (QED) is 0.417. The molecule has 2 aromatic rings. The van der Waals surface area contributed by atoms with E-state index in [1.54, 1.807) is 33.5 Å². The Morgan fingerprint density at radius 2 is 2.00 bits per heavy atom. The van der Waals surface area contributed by atoms with Gasteiger partial charge in [-0.2, -0.15) is 0 Å². The maximum absolute atomic E-state index is 12.4. The summed E-state index contributed by atoms with van der Waals surface area (Å²) in [6.07, 6.45) is 4.66. The van der Waals surface area contributed by atoms with E-state index >= 15 is 0 Å². The molecule has 0 aliphatic carbocycles. The molecule has 2 aliphatic rings. The number of rotatable bonds is 7. The molecule has 7 nitrogen and oxygen atoms in total. The van der Waals surface area contributed by atoms with Crippen LogP contribution in [-0.2, 0) is 19.1 Å². The molecule has 2 saturated heterocycles. The normalized spacial score (nSPS) is 20.9. The highest BCUT2D eigenvalue weighted by atomic mass is 32.2. The van der Waals surface area contributed by atoms with Crippen molar-refractivity contribution >= 4 is 46.5 Å². The molecule has 32 heavy (non-hydrogen) atoms. The average Bonchev–Trinajstić information content (AvgIpc) is 3.44. The molecular formula is C23H27N3O4S2. The van der Waals surface area contributed by atoms with Gasteiger partial charge in [-0.15, -0.1) is 23.1 Å². The van der Waals surface area contributed by atoms with Gasteiger partial charge in [0.2, 0.25) is 17.7 Å². The zero-order valence-corrected chi connectivity index (χ0v) is 19.4. The van der Waals surface area contributed by atoms with Gasteiger partial charge in [0.05, 0.1) is 11.3 Å². The Balaban J connectivity index is 1.49. The summed E-state index contributed by atoms with van der Waals surface area (Å²) >= 11 is 3.44. The van der Waals surface area contributed by atoms with E-state index in [0.29, 0.717) is 18.7 Å². The minimum absolute atomic E-state index is 0.0319. The molecule has 2 aliphatic heterocycles. The fourth-order valence-corrected chi connectivity index (χ4v) is 7.19. The lowest BCUT2D eigenvalue weighted by atomic mass is 9.94. The van der Waals surface area contributed by atoms with Gasteiger partial charge in [0, 0.05) is 34.8 Å². The molecule has 170 valence electrons. The van der Waals surface area contributed by atoms with E-state index in [9.17, 15) is 14.4 Å². The van der Waals surface area contributed by atoms with Crippen molar-refractivity contribution in [2.75, 3.05) is 24.2 Å². The highest BCUT2D eigenvalue weighted by molar-refractivity contribution is 8.00. The third kappa shape index (κ3) is 5.16. The minimum Gasteiger partial charge on any atom is -0.333 e. The molecular weight excluding hydrogens is 446 g/mol. The van der Waals surface area contributed by atoms with Crippen LogP contribution in [0.25, 0.3) is 10.4 Å². The number of carbonyl (C=O) groups is 3. The second-order valence-corrected chi connectivity index (χ2v) is 10.8. The number of amides is 3. The molecule has 0 saturated carbocycles. The van der Waals surface area contributed by atoms with Crippen LogP contribution >= 0.6 is 23.1 Å². The van der Waals surface area contributed by atoms with Crippen LogP contribution in [0.15, 0.2) is 36.4 Å². The Bertz CT molecular complexity index is 1000. The number of hydroxylamine groups is 1. The number of nitrogens with one attached hydrogen (secondary N) is 2. The number of benzene rings is 1. The summed E-state index contributed by atoms with van der Waals surface area (Å²) in [5.74, 6) is 0.462. The summed E-state index contributed by atoms with van der Waals surface area (Å²) in [4.78, 5) is 39.9. The molecule has 0 unspecified atom stereocenters. The second kappa shape index (κ2) is 10.1. The van der Waals surface area contributed by atoms with Gasteiger partial charge in [0.1, 0.15) is 0 Å². The Kier molecular flexibility index (Phi) is 7.17. The highest BCUT2D eigenvalue weighted by Crippen LogP contribution is 2.50. The van der Waals surface area contributed by atoms with Gasteiger partial charge >= 0.3 is 0 Å². The molecule has 0 radical (unpaired) electrons. The molecule has 4 rings (SSSR count). The Morgan fingerprint density at radius 3 is 2.72 bits per heavy atom. The summed E-state index contributed by atoms with van der Waals surface area (Å²) < 4.78 is -0.317. The van der Waals surface area contributed by atoms with Crippen LogP contribution < -0.4 is 10.8 Å². The van der Waals surface area contributed by atoms with E-state index in [-0.39, 0.29) is 35.4 Å². The Hall–Kier alpha value is -2.36. The van der Waals surface area contributed by atoms with Crippen LogP contribution in [0.5, 0.6) is 0 Å². The highest BCUT2D eigenvalue weighted by Gasteiger charge is 2.38. The van der Waals surface area contributed by atoms with Crippen LogP contribution in [0, 0.1) is 0 Å². The van der Waals surface area contributed by atoms with Crippen molar-refractivity contribution in [3.05, 3.63) is 41.3 Å². The van der Waals surface area contributed by atoms with Crippen molar-refractivity contribution in [3.63, 3.8) is 0 Å². The summed E-state index contributed by atoms with van der Waals surface area (Å²) in [5, 5.41) is 12.0. The first-order chi connectivity index (χ1) is 15.5. The van der Waals surface area contributed by atoms with Gasteiger partial charge in [-0.25, -0.2) is 5.48 Å². The van der Waals surface area contributed by atoms with Crippen LogP contribution in [0.3, 0.4) is 0 Å². The third-order valence-corrected chi connectivity index (χ3v) is 9.00. The Morgan fingerprint density at radius 1 is 1.12 bits per heavy atom. The van der Waals surface area contributed by atoms with Gasteiger partial charge in [-0.3, -0.25) is 19.6 Å². The van der Waals surface area contributed by atoms with Gasteiger partial charge in [0.15, 0.2) is 0 Å². The van der Waals surface area contributed by atoms with E-state index in [1.807, 2.05) is 24.3 Å². The number of carbonyl (C=O) groups excluding carboxylic acids is 3. The van der Waals surface area contributed by atoms with E-state index in [0.717, 1.165) is 46.8 Å². The maximum atomic E-state index is 12.4. The zero-order valence-electron chi connectivity index (χ0n) is 17.8. The summed E-state index contributed by atoms with van der Waals surface area (Å²) in [6, 6.07) is 11.8. The lowest BCUT2D eigenvalue weighted by Gasteiger charge is -2.35. The number of hydrogen-bond donors (Lipinski definition) is 3. The number of likely N-dealkylation sites (tertiary alicyclic amines) is 1. The molecule has 2 fully saturated rings. The van der Waals surface area contributed by atoms with Crippen LogP contribution in [-0.4, -0.2) is 46.7 Å². The lowest BCUT2D eigenvalue weighted by molar-refractivity contribution is -0.131. The van der Waals surface area contributed by atoms with Crippen molar-refractivity contribution < 1.29 is 19.6 Å². The van der Waals surface area contributed by atoms with Crippen LogP contribution in [0.2, 0.25) is 0 Å². The zero-order chi connectivity index (χ0) is 22.6. The van der Waals surface area contributed by atoms with Crippen molar-refractivity contribution in [1.29, 1.82) is 0 Å². The fraction of sp³-hybridized carbons (Fsp3) is 0.435. The van der Waals surface area contributed by atoms with Crippen molar-refractivity contribution in [3.8, 4) is 10.4 Å². The summed E-state index contributed by atoms with van der Waals surface area (Å²) in [7, 11) is 0. The molecule has 1 aromatic heterocycles. The molecule has 9 heteroatoms. The van der Waals surface area contributed by atoms with Crippen molar-refractivity contribution in [1.82, 2.24) is 10.4 Å². The topological polar surface area (TPSA) is 98.7 Å². The van der Waals surface area contributed by atoms with Gasteiger partial charge in [0.25, 0.3) is 0 Å². The van der Waals surface area contributed by atoms with Gasteiger partial charge in [-0.1, -0.05) is 18.6 Å². The molecule has 0 spiro atoms. The molecule has 1 atom stereocenters. The maximum Gasteiger partial charge on any atom is 0.245 e. The van der Waals surface area contributed by atoms with E-state index < -0.39 is 0 Å². The Labute approximate surface area is 195 Å². The summed E-state index contributed by atoms with van der Waals surface area (Å²) in [5.41, 5.74) is 3.46. The first kappa shape index (κ1) is 22.8. The van der Waals surface area contributed by atoms with E-state index in [4.69, 9.17) is 5.21 Å². The van der Waals surface area contributed by atoms with E-state index in [1.165, 1.54) is 0 Å². The predicted molar refractivity (Wildman–Crippen MR) is 127 cm³/mol. The fourth-order valence-electron chi connectivity index (χ4n) is 4.31. The molecule has 0 bridgehead atoms. The molecule has 3 N–H and O–H groups in total. The predicted octanol–water partition coefficient (Wildman–Crippen LogP) is 3.98. The minimum atomic E-state index is -0.365. The second-order valence-electron chi connectivity index (χ2n) is 8.22. The number of thioether (sulfide) groups is 1. The number of hydrogen-bond acceptors (Lipinski definition) is 6. The summed E-state index contributed by atoms with van der Waals surface area (Å²) in [6.45, 7) is 0.719. The standard InChI is InChI=1S/C23H27N3O4S2/c27-20(25-30)14-23(10-1-2-12-31-23)19-9-8-18(32-19)16-5-3-6-17(13-16)24-21(28)15-26-11-4-7-22(26)29/h3,5-6,8-9,13,30H,1-2,4,7,10-12,14-15H2,(H,24,28)(H,25,27)/t23-/m0/s1. The van der Waals surface area contributed by atoms with Gasteiger partial charge in [-0.05, 0) is 54.8 Å². The first-order valence-electron chi connectivity index (χ1n) is 10.8. The molecule has 3 heterocycles. The average molecular weight is 474 g/mol. The number of anilines is 1.